The lowest BCUT2D eigenvalue weighted by atomic mass is 10.1. The molecule has 5 nitrogen and oxygen atoms in total. The fourth-order valence-corrected chi connectivity index (χ4v) is 2.37. The number of benzene rings is 3. The number of hydrogen-bond acceptors (Lipinski definition) is 4. The zero-order valence-corrected chi connectivity index (χ0v) is 14.8. The van der Waals surface area contributed by atoms with E-state index in [1.807, 2.05) is 25.1 Å². The first-order chi connectivity index (χ1) is 13.1. The van der Waals surface area contributed by atoms with Crippen LogP contribution in [0.3, 0.4) is 0 Å². The second-order valence-electron chi connectivity index (χ2n) is 5.83. The summed E-state index contributed by atoms with van der Waals surface area (Å²) in [4.78, 5) is 12.6. The molecule has 0 unspecified atom stereocenters. The number of esters is 1. The quantitative estimate of drug-likeness (QED) is 0.150. The number of aryl methyl sites for hydroxylation is 1. The van der Waals surface area contributed by atoms with Crippen LogP contribution >= 0.6 is 0 Å². The number of para-hydroxylation sites is 1. The molecule has 0 aliphatic rings. The largest absolute Gasteiger partial charge is 0.594 e. The van der Waals surface area contributed by atoms with E-state index in [0.29, 0.717) is 27.5 Å². The molecule has 0 aliphatic carbocycles. The van der Waals surface area contributed by atoms with Crippen molar-refractivity contribution >= 4 is 23.4 Å². The minimum absolute atomic E-state index is 0.334. The van der Waals surface area contributed by atoms with E-state index >= 15 is 0 Å². The molecule has 0 fully saturated rings. The van der Waals surface area contributed by atoms with Crippen molar-refractivity contribution in [2.75, 3.05) is 0 Å². The summed E-state index contributed by atoms with van der Waals surface area (Å²) in [6.45, 7) is 1.96. The predicted octanol–water partition coefficient (Wildman–Crippen LogP) is 5.54. The normalized spacial score (nSPS) is 11.5. The summed E-state index contributed by atoms with van der Waals surface area (Å²) >= 11 is 0. The number of carbonyl (C=O) groups excluding carboxylic acids is 1. The maximum Gasteiger partial charge on any atom is 0.336 e. The maximum atomic E-state index is 12.4. The van der Waals surface area contributed by atoms with Crippen molar-refractivity contribution in [1.82, 2.24) is 0 Å². The van der Waals surface area contributed by atoms with E-state index in [1.54, 1.807) is 60.7 Å². The van der Waals surface area contributed by atoms with E-state index in [-0.39, 0.29) is 0 Å². The van der Waals surface area contributed by atoms with Crippen LogP contribution in [-0.4, -0.2) is 10.8 Å². The van der Waals surface area contributed by atoms with Gasteiger partial charge in [-0.1, -0.05) is 48.0 Å². The molecule has 0 atom stereocenters. The fourth-order valence-electron chi connectivity index (χ4n) is 2.37. The molecule has 0 bridgehead atoms. The summed E-state index contributed by atoms with van der Waals surface area (Å²) in [5.41, 5.74) is 2.52. The molecule has 3 aromatic carbocycles. The van der Waals surface area contributed by atoms with E-state index in [1.165, 1.54) is 12.2 Å². The number of azo groups is 1. The lowest BCUT2D eigenvalue weighted by molar-refractivity contribution is -0.435. The van der Waals surface area contributed by atoms with Crippen LogP contribution in [0.15, 0.2) is 90.1 Å². The van der Waals surface area contributed by atoms with E-state index in [2.05, 4.69) is 5.11 Å². The Kier molecular flexibility index (Phi) is 5.74. The molecule has 0 saturated carbocycles. The van der Waals surface area contributed by atoms with Crippen molar-refractivity contribution in [3.05, 3.63) is 101 Å². The molecule has 134 valence electrons. The van der Waals surface area contributed by atoms with Crippen LogP contribution in [0.2, 0.25) is 0 Å². The Labute approximate surface area is 157 Å². The van der Waals surface area contributed by atoms with Crippen LogP contribution in [0, 0.1) is 12.1 Å². The SMILES string of the molecule is Cc1ccc(OC(=O)/C=C/c2ccccc2[N+]([O-])=Nc2ccccc2)cc1. The van der Waals surface area contributed by atoms with Crippen LogP contribution in [0.25, 0.3) is 6.08 Å². The molecule has 0 aromatic heterocycles. The summed E-state index contributed by atoms with van der Waals surface area (Å²) in [6, 6.07) is 23.0. The molecule has 0 spiro atoms. The Morgan fingerprint density at radius 3 is 2.37 bits per heavy atom. The van der Waals surface area contributed by atoms with Crippen molar-refractivity contribution in [3.8, 4) is 5.75 Å². The Hall–Kier alpha value is -3.73. The molecule has 3 aromatic rings. The van der Waals surface area contributed by atoms with Gasteiger partial charge in [0.05, 0.1) is 5.56 Å². The van der Waals surface area contributed by atoms with Gasteiger partial charge in [-0.25, -0.2) is 4.79 Å². The molecular weight excluding hydrogens is 340 g/mol. The molecule has 0 radical (unpaired) electrons. The standard InChI is InChI=1S/C22H18N2O3/c1-17-11-14-20(15-12-17)27-22(25)16-13-18-7-5-6-10-21(18)24(26)23-19-8-3-2-4-9-19/h2-16H,1H3/b16-13+,24-23?. The number of ether oxygens (including phenoxy) is 1. The topological polar surface area (TPSA) is 64.7 Å². The van der Waals surface area contributed by atoms with E-state index in [9.17, 15) is 10.0 Å². The molecule has 5 heteroatoms. The average Bonchev–Trinajstić information content (AvgIpc) is 2.69. The number of rotatable bonds is 5. The van der Waals surface area contributed by atoms with Gasteiger partial charge in [-0.05, 0) is 48.2 Å². The maximum absolute atomic E-state index is 12.4. The summed E-state index contributed by atoms with van der Waals surface area (Å²) < 4.78 is 5.25. The second kappa shape index (κ2) is 8.58. The van der Waals surface area contributed by atoms with Crippen molar-refractivity contribution in [1.29, 1.82) is 0 Å². The lowest BCUT2D eigenvalue weighted by Crippen LogP contribution is -2.03. The number of hydrogen-bond donors (Lipinski definition) is 0. The monoisotopic (exact) mass is 358 g/mol. The van der Waals surface area contributed by atoms with Crippen LogP contribution in [0.1, 0.15) is 11.1 Å². The molecule has 3 rings (SSSR count). The molecule has 0 amide bonds. The molecule has 0 heterocycles. The minimum atomic E-state index is -0.522. The summed E-state index contributed by atoms with van der Waals surface area (Å²) in [5, 5.41) is 16.4. The molecule has 0 N–H and O–H groups in total. The second-order valence-corrected chi connectivity index (χ2v) is 5.83. The highest BCUT2D eigenvalue weighted by molar-refractivity contribution is 5.89. The van der Waals surface area contributed by atoms with Crippen LogP contribution < -0.4 is 4.74 Å². The lowest BCUT2D eigenvalue weighted by Gasteiger charge is -2.04. The summed E-state index contributed by atoms with van der Waals surface area (Å²) in [5.74, 6) is -0.0563. The van der Waals surface area contributed by atoms with Gasteiger partial charge >= 0.3 is 5.97 Å². The Morgan fingerprint density at radius 2 is 1.63 bits per heavy atom. The van der Waals surface area contributed by atoms with Crippen molar-refractivity contribution in [3.63, 3.8) is 0 Å². The van der Waals surface area contributed by atoms with Gasteiger partial charge in [0.2, 0.25) is 0 Å². The first-order valence-electron chi connectivity index (χ1n) is 8.41. The average molecular weight is 358 g/mol. The Balaban J connectivity index is 1.77. The third-order valence-corrected chi connectivity index (χ3v) is 3.74. The van der Waals surface area contributed by atoms with Gasteiger partial charge in [0, 0.05) is 17.3 Å². The van der Waals surface area contributed by atoms with E-state index < -0.39 is 5.97 Å². The summed E-state index contributed by atoms with van der Waals surface area (Å²) in [7, 11) is 0. The summed E-state index contributed by atoms with van der Waals surface area (Å²) in [6.07, 6.45) is 2.83. The third kappa shape index (κ3) is 5.12. The van der Waals surface area contributed by atoms with Crippen LogP contribution in [-0.2, 0) is 4.79 Å². The Morgan fingerprint density at radius 1 is 0.963 bits per heavy atom. The van der Waals surface area contributed by atoms with Gasteiger partial charge in [-0.2, -0.15) is 0 Å². The minimum Gasteiger partial charge on any atom is -0.594 e. The van der Waals surface area contributed by atoms with Crippen LogP contribution in [0.4, 0.5) is 11.4 Å². The zero-order valence-electron chi connectivity index (χ0n) is 14.8. The highest BCUT2D eigenvalue weighted by Gasteiger charge is 2.10. The number of carbonyl (C=O) groups is 1. The third-order valence-electron chi connectivity index (χ3n) is 3.74. The molecule has 0 saturated heterocycles. The fraction of sp³-hybridized carbons (Fsp3) is 0.0455. The first-order valence-corrected chi connectivity index (χ1v) is 8.41. The van der Waals surface area contributed by atoms with Gasteiger partial charge in [0.1, 0.15) is 11.4 Å². The zero-order chi connectivity index (χ0) is 19.1. The predicted molar refractivity (Wildman–Crippen MR) is 104 cm³/mol. The van der Waals surface area contributed by atoms with Gasteiger partial charge in [-0.3, -0.25) is 0 Å². The van der Waals surface area contributed by atoms with Crippen molar-refractivity contribution < 1.29 is 14.4 Å². The van der Waals surface area contributed by atoms with Crippen LogP contribution in [0.5, 0.6) is 5.75 Å². The Bertz CT molecular complexity index is 978. The van der Waals surface area contributed by atoms with Gasteiger partial charge in [0.25, 0.3) is 5.69 Å². The van der Waals surface area contributed by atoms with Gasteiger partial charge in [-0.15, -0.1) is 0 Å². The van der Waals surface area contributed by atoms with E-state index in [4.69, 9.17) is 4.74 Å². The highest BCUT2D eigenvalue weighted by Crippen LogP contribution is 2.22. The molecular formula is C22H18N2O3. The molecule has 27 heavy (non-hydrogen) atoms. The van der Waals surface area contributed by atoms with Gasteiger partial charge < -0.3 is 9.94 Å². The van der Waals surface area contributed by atoms with Gasteiger partial charge in [0.15, 0.2) is 0 Å². The molecule has 0 aliphatic heterocycles. The smallest absolute Gasteiger partial charge is 0.336 e. The number of nitrogens with zero attached hydrogens (tertiary/aromatic N) is 2. The van der Waals surface area contributed by atoms with Crippen molar-refractivity contribution in [2.24, 2.45) is 5.11 Å². The van der Waals surface area contributed by atoms with Crippen molar-refractivity contribution in [2.45, 2.75) is 6.92 Å². The van der Waals surface area contributed by atoms with E-state index in [0.717, 1.165) is 5.56 Å². The highest BCUT2D eigenvalue weighted by atomic mass is 16.5. The first kappa shape index (κ1) is 18.1.